The van der Waals surface area contributed by atoms with E-state index in [1.54, 1.807) is 0 Å². The van der Waals surface area contributed by atoms with Crippen LogP contribution in [-0.4, -0.2) is 64.4 Å². The van der Waals surface area contributed by atoms with Gasteiger partial charge in [0.25, 0.3) is 11.8 Å². The zero-order chi connectivity index (χ0) is 35.4. The lowest BCUT2D eigenvalue weighted by molar-refractivity contribution is -0.123. The van der Waals surface area contributed by atoms with Crippen LogP contribution < -0.4 is 34.9 Å². The Kier molecular flexibility index (Phi) is 12.5. The van der Waals surface area contributed by atoms with Crippen molar-refractivity contribution in [3.8, 4) is 23.0 Å². The van der Waals surface area contributed by atoms with E-state index in [2.05, 4.69) is 103 Å². The van der Waals surface area contributed by atoms with Crippen LogP contribution in [0, 0.1) is 0 Å². The van der Waals surface area contributed by atoms with E-state index in [1.165, 1.54) is 0 Å². The predicted octanol–water partition coefficient (Wildman–Crippen LogP) is 5.53. The van der Waals surface area contributed by atoms with Gasteiger partial charge in [-0.15, -0.1) is 0 Å². The Hall–Kier alpha value is -5.02. The molecule has 0 aromatic heterocycles. The van der Waals surface area contributed by atoms with Crippen molar-refractivity contribution in [3.63, 3.8) is 0 Å². The molecule has 4 aromatic carbocycles. The number of para-hydroxylation sites is 4. The molecule has 268 valence electrons. The molecule has 0 atom stereocenters. The van der Waals surface area contributed by atoms with Crippen LogP contribution in [0.15, 0.2) is 72.8 Å². The van der Waals surface area contributed by atoms with Gasteiger partial charge in [0.2, 0.25) is 0 Å². The zero-order valence-electron chi connectivity index (χ0n) is 29.8. The highest BCUT2D eigenvalue weighted by atomic mass is 16.5. The fraction of sp³-hybridized carbons (Fsp3) is 0.381. The van der Waals surface area contributed by atoms with E-state index in [-0.39, 0.29) is 25.0 Å². The summed E-state index contributed by atoms with van der Waals surface area (Å²) in [7, 11) is 0. The highest BCUT2D eigenvalue weighted by Crippen LogP contribution is 2.39. The smallest absolute Gasteiger partial charge is 0.257 e. The van der Waals surface area contributed by atoms with Crippen LogP contribution in [0.2, 0.25) is 0 Å². The Morgan fingerprint density at radius 3 is 1.18 bits per heavy atom. The lowest BCUT2D eigenvalue weighted by Gasteiger charge is -2.22. The van der Waals surface area contributed by atoms with Crippen LogP contribution in [0.25, 0.3) is 0 Å². The third-order valence-corrected chi connectivity index (χ3v) is 9.08. The number of ether oxygens (including phenoxy) is 4. The Morgan fingerprint density at radius 2 is 0.843 bits per heavy atom. The van der Waals surface area contributed by atoms with E-state index in [1.807, 2.05) is 0 Å². The van der Waals surface area contributed by atoms with Crippen molar-refractivity contribution in [3.05, 3.63) is 117 Å². The van der Waals surface area contributed by atoms with Crippen LogP contribution in [0.1, 0.15) is 71.2 Å². The van der Waals surface area contributed by atoms with E-state index in [0.29, 0.717) is 76.6 Å². The van der Waals surface area contributed by atoms with E-state index >= 15 is 0 Å². The van der Waals surface area contributed by atoms with Gasteiger partial charge in [0, 0.05) is 51.9 Å². The average molecular weight is 692 g/mol. The third kappa shape index (κ3) is 9.21. The van der Waals surface area contributed by atoms with E-state index in [9.17, 15) is 9.59 Å². The molecular formula is C42H49N3O6. The minimum atomic E-state index is -0.202. The molecule has 0 unspecified atom stereocenters. The van der Waals surface area contributed by atoms with Crippen molar-refractivity contribution < 1.29 is 28.5 Å². The molecule has 0 saturated heterocycles. The second-order valence-corrected chi connectivity index (χ2v) is 13.1. The fourth-order valence-corrected chi connectivity index (χ4v) is 6.72. The SMILES string of the molecule is CCCOc1c2cccc1Cc1cccc3c1OCC(=O)NCCNCCNC(=O)COc1c(cccc1Cc1cccc(c1OCCC)C3)C2. The zero-order valence-corrected chi connectivity index (χ0v) is 29.8. The van der Waals surface area contributed by atoms with Crippen molar-refractivity contribution in [2.45, 2.75) is 52.4 Å². The van der Waals surface area contributed by atoms with Gasteiger partial charge in [-0.2, -0.15) is 0 Å². The molecule has 9 heteroatoms. The fourth-order valence-electron chi connectivity index (χ4n) is 6.72. The molecule has 0 saturated carbocycles. The molecule has 6 rings (SSSR count). The van der Waals surface area contributed by atoms with E-state index in [0.717, 1.165) is 68.8 Å². The van der Waals surface area contributed by atoms with Gasteiger partial charge in [0.15, 0.2) is 13.2 Å². The van der Waals surface area contributed by atoms with Gasteiger partial charge < -0.3 is 34.9 Å². The summed E-state index contributed by atoms with van der Waals surface area (Å²) in [6, 6.07) is 25.0. The number of carbonyl (C=O) groups excluding carboxylic acids is 2. The van der Waals surface area contributed by atoms with Crippen molar-refractivity contribution in [2.24, 2.45) is 0 Å². The lowest BCUT2D eigenvalue weighted by Crippen LogP contribution is -2.38. The summed E-state index contributed by atoms with van der Waals surface area (Å²) in [6.45, 7) is 7.10. The van der Waals surface area contributed by atoms with Crippen LogP contribution in [0.5, 0.6) is 23.0 Å². The second kappa shape index (κ2) is 17.8. The van der Waals surface area contributed by atoms with E-state index < -0.39 is 0 Å². The molecule has 1 heterocycles. The molecule has 0 radical (unpaired) electrons. The molecule has 9 nitrogen and oxygen atoms in total. The molecule has 2 amide bonds. The molecule has 51 heavy (non-hydrogen) atoms. The topological polar surface area (TPSA) is 107 Å². The Balaban J connectivity index is 1.56. The molecule has 0 fully saturated rings. The standard InChI is InChI=1S/C42H49N3O6/c1-3-21-48-39-29-9-5-10-30(39)24-34-14-8-16-36-26-32-12-6-11-31(40(32)49-22-4-2)25-35-15-7-13-33(23-29)41(35)50-27-37(46)44-19-17-43-18-20-45-38(47)28-51-42(34)36/h5-16,43H,3-4,17-28H2,1-2H3,(H,44,46)(H,45,47). The maximum atomic E-state index is 13.0. The van der Waals surface area contributed by atoms with Gasteiger partial charge in [-0.1, -0.05) is 86.6 Å². The van der Waals surface area contributed by atoms with Crippen LogP contribution in [0.4, 0.5) is 0 Å². The molecule has 1 aliphatic carbocycles. The monoisotopic (exact) mass is 691 g/mol. The normalized spacial score (nSPS) is 15.4. The molecule has 10 bridgehead atoms. The number of fused-ring (bicyclic) bond motifs is 2. The summed E-state index contributed by atoms with van der Waals surface area (Å²) in [5.74, 6) is 2.68. The second-order valence-electron chi connectivity index (χ2n) is 13.1. The summed E-state index contributed by atoms with van der Waals surface area (Å²) in [5.41, 5.74) is 7.99. The highest BCUT2D eigenvalue weighted by molar-refractivity contribution is 5.78. The number of carbonyl (C=O) groups is 2. The molecular weight excluding hydrogens is 642 g/mol. The van der Waals surface area contributed by atoms with Crippen LogP contribution >= 0.6 is 0 Å². The van der Waals surface area contributed by atoms with Crippen molar-refractivity contribution in [1.82, 2.24) is 16.0 Å². The summed E-state index contributed by atoms with van der Waals surface area (Å²) in [6.07, 6.45) is 3.91. The quantitative estimate of drug-likeness (QED) is 0.215. The Bertz CT molecular complexity index is 1610. The first-order valence-electron chi connectivity index (χ1n) is 18.2. The maximum absolute atomic E-state index is 13.0. The van der Waals surface area contributed by atoms with Crippen molar-refractivity contribution in [2.75, 3.05) is 52.6 Å². The summed E-state index contributed by atoms with van der Waals surface area (Å²) in [4.78, 5) is 26.1. The third-order valence-electron chi connectivity index (χ3n) is 9.08. The number of hydrogen-bond donors (Lipinski definition) is 3. The Morgan fingerprint density at radius 1 is 0.510 bits per heavy atom. The minimum Gasteiger partial charge on any atom is -0.493 e. The number of hydrogen-bond acceptors (Lipinski definition) is 7. The number of rotatable bonds is 6. The first kappa shape index (κ1) is 35.8. The Labute approximate surface area is 301 Å². The van der Waals surface area contributed by atoms with Crippen molar-refractivity contribution >= 4 is 11.8 Å². The maximum Gasteiger partial charge on any atom is 0.257 e. The highest BCUT2D eigenvalue weighted by Gasteiger charge is 2.22. The van der Waals surface area contributed by atoms with Gasteiger partial charge in [0.1, 0.15) is 23.0 Å². The van der Waals surface area contributed by atoms with Crippen molar-refractivity contribution in [1.29, 1.82) is 0 Å². The molecule has 1 aliphatic heterocycles. The van der Waals surface area contributed by atoms with Gasteiger partial charge in [0.05, 0.1) is 13.2 Å². The summed E-state index contributed by atoms with van der Waals surface area (Å²) in [5, 5.41) is 9.16. The summed E-state index contributed by atoms with van der Waals surface area (Å²) < 4.78 is 26.0. The van der Waals surface area contributed by atoms with Crippen LogP contribution in [-0.2, 0) is 35.3 Å². The first-order chi connectivity index (χ1) is 25.0. The summed E-state index contributed by atoms with van der Waals surface area (Å²) >= 11 is 0. The number of benzene rings is 4. The van der Waals surface area contributed by atoms with E-state index in [4.69, 9.17) is 18.9 Å². The predicted molar refractivity (Wildman–Crippen MR) is 198 cm³/mol. The van der Waals surface area contributed by atoms with Gasteiger partial charge >= 0.3 is 0 Å². The van der Waals surface area contributed by atoms with Gasteiger partial charge in [-0.25, -0.2) is 0 Å². The molecule has 0 spiro atoms. The lowest BCUT2D eigenvalue weighted by atomic mass is 9.91. The number of amides is 2. The van der Waals surface area contributed by atoms with Gasteiger partial charge in [-0.3, -0.25) is 9.59 Å². The van der Waals surface area contributed by atoms with Crippen LogP contribution in [0.3, 0.4) is 0 Å². The number of nitrogens with one attached hydrogen (secondary N) is 3. The molecule has 4 aromatic rings. The minimum absolute atomic E-state index is 0.115. The largest absolute Gasteiger partial charge is 0.493 e. The first-order valence-corrected chi connectivity index (χ1v) is 18.2. The average Bonchev–Trinajstić information content (AvgIpc) is 3.12. The molecule has 3 N–H and O–H groups in total. The molecule has 2 aliphatic rings. The van der Waals surface area contributed by atoms with Gasteiger partial charge in [-0.05, 0) is 57.3 Å².